The topological polar surface area (TPSA) is 85.1 Å². The zero-order valence-electron chi connectivity index (χ0n) is 11.5. The standard InChI is InChI=1S/C14H15N5OS/c1-20-10-4-2-9(3-5-10)8-16-12-11-6-7-21-13(11)18-14(17-12)19-15/h2-7H,8,15H2,1H3,(H2,16,17,18,19). The molecule has 0 aliphatic carbocycles. The van der Waals surface area contributed by atoms with Gasteiger partial charge in [0.25, 0.3) is 0 Å². The molecule has 3 rings (SSSR count). The van der Waals surface area contributed by atoms with Crippen LogP contribution in [0.15, 0.2) is 35.7 Å². The molecule has 0 fully saturated rings. The summed E-state index contributed by atoms with van der Waals surface area (Å²) in [5, 5.41) is 6.30. The number of rotatable bonds is 5. The lowest BCUT2D eigenvalue weighted by atomic mass is 10.2. The summed E-state index contributed by atoms with van der Waals surface area (Å²) in [4.78, 5) is 9.57. The van der Waals surface area contributed by atoms with Crippen LogP contribution in [0.3, 0.4) is 0 Å². The normalized spacial score (nSPS) is 10.6. The SMILES string of the molecule is COc1ccc(CNc2nc(NN)nc3sccc23)cc1. The quantitative estimate of drug-likeness (QED) is 0.496. The summed E-state index contributed by atoms with van der Waals surface area (Å²) in [6, 6.07) is 9.89. The van der Waals surface area contributed by atoms with Crippen molar-refractivity contribution < 1.29 is 4.74 Å². The maximum absolute atomic E-state index is 5.41. The molecule has 1 aromatic carbocycles. The molecule has 0 atom stereocenters. The van der Waals surface area contributed by atoms with E-state index in [0.717, 1.165) is 27.3 Å². The van der Waals surface area contributed by atoms with E-state index in [9.17, 15) is 0 Å². The van der Waals surface area contributed by atoms with Crippen LogP contribution in [0.4, 0.5) is 11.8 Å². The van der Waals surface area contributed by atoms with Gasteiger partial charge in [-0.25, -0.2) is 10.8 Å². The summed E-state index contributed by atoms with van der Waals surface area (Å²) in [5.41, 5.74) is 3.63. The van der Waals surface area contributed by atoms with Crippen LogP contribution in [-0.4, -0.2) is 17.1 Å². The lowest BCUT2D eigenvalue weighted by Crippen LogP contribution is -2.12. The van der Waals surface area contributed by atoms with E-state index in [0.29, 0.717) is 12.5 Å². The van der Waals surface area contributed by atoms with Crippen LogP contribution in [0.5, 0.6) is 5.75 Å². The summed E-state index contributed by atoms with van der Waals surface area (Å²) in [7, 11) is 1.66. The highest BCUT2D eigenvalue weighted by molar-refractivity contribution is 7.16. The van der Waals surface area contributed by atoms with Crippen molar-refractivity contribution in [2.24, 2.45) is 5.84 Å². The number of nitrogen functional groups attached to an aromatic ring is 1. The monoisotopic (exact) mass is 301 g/mol. The van der Waals surface area contributed by atoms with Gasteiger partial charge < -0.3 is 10.1 Å². The van der Waals surface area contributed by atoms with Crippen LogP contribution in [-0.2, 0) is 6.54 Å². The van der Waals surface area contributed by atoms with Crippen LogP contribution in [0.2, 0.25) is 0 Å². The first-order valence-corrected chi connectivity index (χ1v) is 7.27. The molecule has 0 unspecified atom stereocenters. The molecular formula is C14H15N5OS. The number of methoxy groups -OCH3 is 1. The number of hydrogen-bond acceptors (Lipinski definition) is 7. The second-order valence-corrected chi connectivity index (χ2v) is 5.28. The maximum atomic E-state index is 5.41. The van der Waals surface area contributed by atoms with Gasteiger partial charge in [0.05, 0.1) is 12.5 Å². The molecule has 0 radical (unpaired) electrons. The zero-order chi connectivity index (χ0) is 14.7. The zero-order valence-corrected chi connectivity index (χ0v) is 12.3. The molecule has 4 N–H and O–H groups in total. The molecule has 0 saturated carbocycles. The van der Waals surface area contributed by atoms with E-state index < -0.39 is 0 Å². The number of anilines is 2. The number of hydrogen-bond donors (Lipinski definition) is 3. The van der Waals surface area contributed by atoms with Crippen molar-refractivity contribution in [2.45, 2.75) is 6.54 Å². The Bertz CT molecular complexity index is 741. The van der Waals surface area contributed by atoms with Crippen molar-refractivity contribution in [3.63, 3.8) is 0 Å². The van der Waals surface area contributed by atoms with Crippen molar-refractivity contribution in [1.29, 1.82) is 0 Å². The Morgan fingerprint density at radius 3 is 2.71 bits per heavy atom. The van der Waals surface area contributed by atoms with E-state index in [-0.39, 0.29) is 0 Å². The third-order valence-corrected chi connectivity index (χ3v) is 3.88. The summed E-state index contributed by atoms with van der Waals surface area (Å²) in [5.74, 6) is 7.42. The van der Waals surface area contributed by atoms with E-state index in [1.165, 1.54) is 0 Å². The predicted molar refractivity (Wildman–Crippen MR) is 85.5 cm³/mol. The van der Waals surface area contributed by atoms with Gasteiger partial charge in [-0.2, -0.15) is 4.98 Å². The third-order valence-electron chi connectivity index (χ3n) is 3.07. The number of nitrogens with zero attached hydrogens (tertiary/aromatic N) is 2. The van der Waals surface area contributed by atoms with Gasteiger partial charge in [-0.15, -0.1) is 11.3 Å². The van der Waals surface area contributed by atoms with Crippen molar-refractivity contribution in [2.75, 3.05) is 17.9 Å². The molecule has 0 bridgehead atoms. The molecule has 0 saturated heterocycles. The van der Waals surface area contributed by atoms with E-state index in [4.69, 9.17) is 10.6 Å². The van der Waals surface area contributed by atoms with Gasteiger partial charge in [0.1, 0.15) is 16.4 Å². The molecule has 108 valence electrons. The van der Waals surface area contributed by atoms with E-state index in [1.807, 2.05) is 35.7 Å². The Hall–Kier alpha value is -2.38. The van der Waals surface area contributed by atoms with Gasteiger partial charge in [-0.05, 0) is 29.1 Å². The molecule has 6 nitrogen and oxygen atoms in total. The summed E-state index contributed by atoms with van der Waals surface area (Å²) < 4.78 is 5.15. The molecule has 0 aliphatic heterocycles. The lowest BCUT2D eigenvalue weighted by Gasteiger charge is -2.09. The Labute approximate surface area is 126 Å². The van der Waals surface area contributed by atoms with Crippen LogP contribution < -0.4 is 21.3 Å². The van der Waals surface area contributed by atoms with Crippen molar-refractivity contribution in [3.8, 4) is 5.75 Å². The minimum absolute atomic E-state index is 0.405. The molecule has 0 aliphatic rings. The first kappa shape index (κ1) is 13.6. The fourth-order valence-electron chi connectivity index (χ4n) is 1.98. The smallest absolute Gasteiger partial charge is 0.240 e. The van der Waals surface area contributed by atoms with Crippen LogP contribution in [0.1, 0.15) is 5.56 Å². The Morgan fingerprint density at radius 1 is 1.19 bits per heavy atom. The fraction of sp³-hybridized carbons (Fsp3) is 0.143. The second-order valence-electron chi connectivity index (χ2n) is 4.38. The van der Waals surface area contributed by atoms with Gasteiger partial charge in [0.2, 0.25) is 5.95 Å². The van der Waals surface area contributed by atoms with Gasteiger partial charge in [0.15, 0.2) is 0 Å². The number of aromatic nitrogens is 2. The van der Waals surface area contributed by atoms with Crippen molar-refractivity contribution >= 4 is 33.3 Å². The fourth-order valence-corrected chi connectivity index (χ4v) is 2.75. The second kappa shape index (κ2) is 5.94. The molecular weight excluding hydrogens is 286 g/mol. The van der Waals surface area contributed by atoms with E-state index in [1.54, 1.807) is 18.4 Å². The number of ether oxygens (including phenoxy) is 1. The number of nitrogens with one attached hydrogen (secondary N) is 2. The lowest BCUT2D eigenvalue weighted by molar-refractivity contribution is 0.414. The number of fused-ring (bicyclic) bond motifs is 1. The number of hydrazine groups is 1. The largest absolute Gasteiger partial charge is 0.497 e. The highest BCUT2D eigenvalue weighted by atomic mass is 32.1. The number of nitrogens with two attached hydrogens (primary N) is 1. The molecule has 21 heavy (non-hydrogen) atoms. The van der Waals surface area contributed by atoms with Gasteiger partial charge in [0, 0.05) is 6.54 Å². The molecule has 0 amide bonds. The summed E-state index contributed by atoms with van der Waals surface area (Å²) >= 11 is 1.55. The molecule has 0 spiro atoms. The van der Waals surface area contributed by atoms with Crippen molar-refractivity contribution in [3.05, 3.63) is 41.3 Å². The van der Waals surface area contributed by atoms with Gasteiger partial charge in [-0.1, -0.05) is 12.1 Å². The highest BCUT2D eigenvalue weighted by Crippen LogP contribution is 2.26. The summed E-state index contributed by atoms with van der Waals surface area (Å²) in [6.45, 7) is 0.663. The van der Waals surface area contributed by atoms with E-state index in [2.05, 4.69) is 20.7 Å². The first-order valence-electron chi connectivity index (χ1n) is 6.39. The number of benzene rings is 1. The van der Waals surface area contributed by atoms with Crippen LogP contribution in [0, 0.1) is 0 Å². The van der Waals surface area contributed by atoms with Crippen LogP contribution >= 0.6 is 11.3 Å². The van der Waals surface area contributed by atoms with Crippen molar-refractivity contribution in [1.82, 2.24) is 9.97 Å². The molecule has 2 aromatic heterocycles. The Balaban J connectivity index is 1.81. The Kier molecular flexibility index (Phi) is 3.85. The molecule has 3 aromatic rings. The molecule has 7 heteroatoms. The average molecular weight is 301 g/mol. The van der Waals surface area contributed by atoms with Gasteiger partial charge in [-0.3, -0.25) is 5.43 Å². The Morgan fingerprint density at radius 2 is 2.00 bits per heavy atom. The first-order chi connectivity index (χ1) is 10.3. The average Bonchev–Trinajstić information content (AvgIpc) is 3.01. The number of thiophene rings is 1. The maximum Gasteiger partial charge on any atom is 0.240 e. The highest BCUT2D eigenvalue weighted by Gasteiger charge is 2.08. The third kappa shape index (κ3) is 2.88. The minimum Gasteiger partial charge on any atom is -0.497 e. The van der Waals surface area contributed by atoms with Crippen LogP contribution in [0.25, 0.3) is 10.2 Å². The summed E-state index contributed by atoms with van der Waals surface area (Å²) in [6.07, 6.45) is 0. The van der Waals surface area contributed by atoms with E-state index >= 15 is 0 Å². The van der Waals surface area contributed by atoms with Gasteiger partial charge >= 0.3 is 0 Å². The minimum atomic E-state index is 0.405. The molecule has 2 heterocycles. The predicted octanol–water partition coefficient (Wildman–Crippen LogP) is 2.60.